The van der Waals surface area contributed by atoms with Crippen molar-refractivity contribution in [1.82, 2.24) is 5.16 Å². The van der Waals surface area contributed by atoms with Crippen LogP contribution in [0.2, 0.25) is 0 Å². The zero-order valence-corrected chi connectivity index (χ0v) is 16.2. The van der Waals surface area contributed by atoms with Crippen molar-refractivity contribution in [2.24, 2.45) is 5.14 Å². The lowest BCUT2D eigenvalue weighted by Crippen LogP contribution is -2.14. The molecule has 1 aromatic heterocycles. The Kier molecular flexibility index (Phi) is 5.15. The zero-order valence-electron chi connectivity index (χ0n) is 13.8. The summed E-state index contributed by atoms with van der Waals surface area (Å²) in [6, 6.07) is 6.17. The summed E-state index contributed by atoms with van der Waals surface area (Å²) in [4.78, 5) is -0.998. The third-order valence-electron chi connectivity index (χ3n) is 3.93. The maximum Gasteiger partial charge on any atom is 0.241 e. The molecule has 1 heterocycles. The van der Waals surface area contributed by atoms with Crippen molar-refractivity contribution in [3.05, 3.63) is 57.8 Å². The minimum atomic E-state index is -4.46. The molecule has 0 saturated carbocycles. The Morgan fingerprint density at radius 3 is 2.48 bits per heavy atom. The van der Waals surface area contributed by atoms with Crippen LogP contribution in [0.15, 0.2) is 44.2 Å². The first-order chi connectivity index (χ1) is 12.6. The number of aryl methyl sites for hydroxylation is 1. The van der Waals surface area contributed by atoms with Gasteiger partial charge in [0.1, 0.15) is 22.2 Å². The van der Waals surface area contributed by atoms with Gasteiger partial charge in [-0.2, -0.15) is 0 Å². The molecule has 0 bridgehead atoms. The molecule has 0 atom stereocenters. The summed E-state index contributed by atoms with van der Waals surface area (Å²) in [6.07, 6.45) is 0. The average Bonchev–Trinajstić information content (AvgIpc) is 3.01. The molecule has 0 aliphatic carbocycles. The molecule has 0 radical (unpaired) electrons. The monoisotopic (exact) mass is 460 g/mol. The average molecular weight is 461 g/mol. The van der Waals surface area contributed by atoms with Gasteiger partial charge in [-0.25, -0.2) is 26.7 Å². The Balaban J connectivity index is 2.27. The van der Waals surface area contributed by atoms with E-state index in [1.807, 2.05) is 6.92 Å². The van der Waals surface area contributed by atoms with Crippen LogP contribution < -0.4 is 5.14 Å². The summed E-state index contributed by atoms with van der Waals surface area (Å²) < 4.78 is 70.6. The fourth-order valence-corrected chi connectivity index (χ4v) is 3.55. The van der Waals surface area contributed by atoms with Crippen LogP contribution in [0.5, 0.6) is 0 Å². The minimum Gasteiger partial charge on any atom is -0.357 e. The van der Waals surface area contributed by atoms with Gasteiger partial charge in [0.15, 0.2) is 12.4 Å². The van der Waals surface area contributed by atoms with Crippen LogP contribution in [0, 0.1) is 18.6 Å². The van der Waals surface area contributed by atoms with E-state index in [-0.39, 0.29) is 22.6 Å². The molecule has 0 unspecified atom stereocenters. The lowest BCUT2D eigenvalue weighted by Gasteiger charge is -2.09. The molecule has 0 spiro atoms. The van der Waals surface area contributed by atoms with Gasteiger partial charge in [-0.05, 0) is 30.7 Å². The van der Waals surface area contributed by atoms with E-state index in [2.05, 4.69) is 21.1 Å². The standard InChI is InChI=1S/C17H12BrF3N2O3S/c1-8-2-3-9(4-11(8)18)17-16(14(7-19)26-23-17)10-5-13(21)15(6-12(10)20)27(22,24)25/h2-6H,7H2,1H3,(H2,22,24,25). The van der Waals surface area contributed by atoms with Crippen molar-refractivity contribution >= 4 is 26.0 Å². The smallest absolute Gasteiger partial charge is 0.241 e. The predicted molar refractivity (Wildman–Crippen MR) is 95.9 cm³/mol. The van der Waals surface area contributed by atoms with Crippen molar-refractivity contribution in [2.75, 3.05) is 0 Å². The van der Waals surface area contributed by atoms with Crippen molar-refractivity contribution in [3.8, 4) is 22.4 Å². The number of hydrogen-bond donors (Lipinski definition) is 1. The van der Waals surface area contributed by atoms with E-state index in [1.54, 1.807) is 18.2 Å². The summed E-state index contributed by atoms with van der Waals surface area (Å²) in [5.74, 6) is -2.69. The van der Waals surface area contributed by atoms with Crippen LogP contribution in [-0.2, 0) is 16.7 Å². The second-order valence-electron chi connectivity index (χ2n) is 5.73. The first-order valence-corrected chi connectivity index (χ1v) is 9.80. The topological polar surface area (TPSA) is 86.2 Å². The largest absolute Gasteiger partial charge is 0.357 e. The predicted octanol–water partition coefficient (Wildman–Crippen LogP) is 4.47. The van der Waals surface area contributed by atoms with Gasteiger partial charge >= 0.3 is 0 Å². The van der Waals surface area contributed by atoms with E-state index in [0.717, 1.165) is 10.0 Å². The number of nitrogens with two attached hydrogens (primary N) is 1. The van der Waals surface area contributed by atoms with Crippen molar-refractivity contribution in [2.45, 2.75) is 18.5 Å². The van der Waals surface area contributed by atoms with E-state index < -0.39 is 33.2 Å². The zero-order chi connectivity index (χ0) is 19.9. The fourth-order valence-electron chi connectivity index (χ4n) is 2.57. The summed E-state index contributed by atoms with van der Waals surface area (Å²) in [7, 11) is -4.46. The number of primary sulfonamides is 1. The maximum absolute atomic E-state index is 14.6. The fraction of sp³-hybridized carbons (Fsp3) is 0.118. The molecule has 3 rings (SSSR count). The van der Waals surface area contributed by atoms with Crippen LogP contribution in [-0.4, -0.2) is 13.6 Å². The molecular weight excluding hydrogens is 449 g/mol. The molecule has 5 nitrogen and oxygen atoms in total. The first kappa shape index (κ1) is 19.6. The van der Waals surface area contributed by atoms with Gasteiger partial charge < -0.3 is 4.52 Å². The van der Waals surface area contributed by atoms with E-state index in [0.29, 0.717) is 17.7 Å². The number of sulfonamides is 1. The second kappa shape index (κ2) is 7.10. The highest BCUT2D eigenvalue weighted by molar-refractivity contribution is 9.10. The highest BCUT2D eigenvalue weighted by Crippen LogP contribution is 2.38. The Labute approximate surface area is 161 Å². The van der Waals surface area contributed by atoms with Crippen LogP contribution in [0.4, 0.5) is 13.2 Å². The molecule has 0 aliphatic rings. The molecule has 0 fully saturated rings. The Morgan fingerprint density at radius 1 is 1.19 bits per heavy atom. The number of alkyl halides is 1. The van der Waals surface area contributed by atoms with Crippen LogP contribution in [0.1, 0.15) is 11.3 Å². The Bertz CT molecular complexity index is 1150. The number of benzene rings is 2. The second-order valence-corrected chi connectivity index (χ2v) is 8.12. The van der Waals surface area contributed by atoms with Crippen LogP contribution >= 0.6 is 15.9 Å². The van der Waals surface area contributed by atoms with E-state index >= 15 is 0 Å². The third-order valence-corrected chi connectivity index (χ3v) is 5.71. The van der Waals surface area contributed by atoms with Crippen molar-refractivity contribution in [1.29, 1.82) is 0 Å². The summed E-state index contributed by atoms with van der Waals surface area (Å²) in [5, 5.41) is 8.65. The summed E-state index contributed by atoms with van der Waals surface area (Å²) in [5.41, 5.74) is 0.988. The number of aromatic nitrogens is 1. The molecule has 2 aromatic carbocycles. The molecule has 27 heavy (non-hydrogen) atoms. The molecular formula is C17H12BrF3N2O3S. The van der Waals surface area contributed by atoms with E-state index in [4.69, 9.17) is 9.66 Å². The highest BCUT2D eigenvalue weighted by Gasteiger charge is 2.26. The van der Waals surface area contributed by atoms with E-state index in [1.165, 1.54) is 0 Å². The summed E-state index contributed by atoms with van der Waals surface area (Å²) >= 11 is 3.36. The molecule has 10 heteroatoms. The number of rotatable bonds is 4. The summed E-state index contributed by atoms with van der Waals surface area (Å²) in [6.45, 7) is 0.735. The van der Waals surface area contributed by atoms with Gasteiger partial charge in [-0.3, -0.25) is 0 Å². The van der Waals surface area contributed by atoms with Crippen molar-refractivity contribution < 1.29 is 26.1 Å². The molecule has 2 N–H and O–H groups in total. The lowest BCUT2D eigenvalue weighted by molar-refractivity contribution is 0.332. The van der Waals surface area contributed by atoms with E-state index in [9.17, 15) is 21.6 Å². The molecule has 142 valence electrons. The van der Waals surface area contributed by atoms with Gasteiger partial charge in [0, 0.05) is 15.6 Å². The Hall–Kier alpha value is -2.17. The number of hydrogen-bond acceptors (Lipinski definition) is 4. The van der Waals surface area contributed by atoms with Gasteiger partial charge in [0.2, 0.25) is 10.0 Å². The van der Waals surface area contributed by atoms with Gasteiger partial charge in [-0.15, -0.1) is 0 Å². The molecule has 0 aliphatic heterocycles. The highest BCUT2D eigenvalue weighted by atomic mass is 79.9. The molecule has 3 aromatic rings. The van der Waals surface area contributed by atoms with Crippen LogP contribution in [0.25, 0.3) is 22.4 Å². The quantitative estimate of drug-likeness (QED) is 0.621. The van der Waals surface area contributed by atoms with Gasteiger partial charge in [-0.1, -0.05) is 33.2 Å². The molecule has 0 saturated heterocycles. The number of halogens is 4. The van der Waals surface area contributed by atoms with Gasteiger partial charge in [0.25, 0.3) is 0 Å². The minimum absolute atomic E-state index is 0.0880. The SMILES string of the molecule is Cc1ccc(-c2noc(CF)c2-c2cc(F)c(S(N)(=O)=O)cc2F)cc1Br. The Morgan fingerprint density at radius 2 is 1.89 bits per heavy atom. The third kappa shape index (κ3) is 3.64. The first-order valence-electron chi connectivity index (χ1n) is 7.46. The molecule has 0 amide bonds. The van der Waals surface area contributed by atoms with Crippen LogP contribution in [0.3, 0.4) is 0 Å². The lowest BCUT2D eigenvalue weighted by atomic mass is 9.98. The number of nitrogens with zero attached hydrogens (tertiary/aromatic N) is 1. The maximum atomic E-state index is 14.6. The van der Waals surface area contributed by atoms with Gasteiger partial charge in [0.05, 0.1) is 5.56 Å². The van der Waals surface area contributed by atoms with Crippen molar-refractivity contribution in [3.63, 3.8) is 0 Å². The normalized spacial score (nSPS) is 11.8.